The molecule has 0 atom stereocenters. The third-order valence-electron chi connectivity index (χ3n) is 3.06. The van der Waals surface area contributed by atoms with Gasteiger partial charge >= 0.3 is 0 Å². The second kappa shape index (κ2) is 5.89. The van der Waals surface area contributed by atoms with Crippen molar-refractivity contribution in [3.8, 4) is 5.75 Å². The van der Waals surface area contributed by atoms with Crippen LogP contribution in [0.15, 0.2) is 24.3 Å². The predicted octanol–water partition coefficient (Wildman–Crippen LogP) is 2.34. The predicted molar refractivity (Wildman–Crippen MR) is 76.2 cm³/mol. The van der Waals surface area contributed by atoms with Crippen LogP contribution in [0, 0.1) is 13.8 Å². The fourth-order valence-electron chi connectivity index (χ4n) is 2.13. The molecule has 1 heterocycles. The highest BCUT2D eigenvalue weighted by molar-refractivity contribution is 5.37. The molecule has 0 aliphatic heterocycles. The minimum absolute atomic E-state index is 0.539. The lowest BCUT2D eigenvalue weighted by atomic mass is 10.1. The average molecular weight is 259 g/mol. The topological polar surface area (TPSA) is 39.1 Å². The van der Waals surface area contributed by atoms with Gasteiger partial charge in [0.15, 0.2) is 0 Å². The Bertz CT molecular complexity index is 561. The van der Waals surface area contributed by atoms with Gasteiger partial charge in [-0.15, -0.1) is 0 Å². The van der Waals surface area contributed by atoms with Gasteiger partial charge in [0.05, 0.1) is 11.4 Å². The summed E-state index contributed by atoms with van der Waals surface area (Å²) in [5.74, 6) is 0.929. The van der Waals surface area contributed by atoms with Crippen LogP contribution in [-0.4, -0.2) is 16.8 Å². The van der Waals surface area contributed by atoms with Crippen LogP contribution in [0.5, 0.6) is 5.75 Å². The Hall–Kier alpha value is -1.81. The number of rotatable bonds is 5. The number of ether oxygens (including phenoxy) is 1. The zero-order valence-corrected chi connectivity index (χ0v) is 12.0. The van der Waals surface area contributed by atoms with Crippen LogP contribution < -0.4 is 10.1 Å². The Labute approximate surface area is 114 Å². The highest BCUT2D eigenvalue weighted by Gasteiger charge is 2.06. The first-order chi connectivity index (χ1) is 9.10. The maximum Gasteiger partial charge on any atom is 0.130 e. The molecule has 0 bridgehead atoms. The van der Waals surface area contributed by atoms with E-state index in [4.69, 9.17) is 4.74 Å². The maximum atomic E-state index is 5.92. The summed E-state index contributed by atoms with van der Waals surface area (Å²) in [6, 6.07) is 8.31. The van der Waals surface area contributed by atoms with Gasteiger partial charge in [-0.1, -0.05) is 17.7 Å². The van der Waals surface area contributed by atoms with Gasteiger partial charge in [0.25, 0.3) is 0 Å². The van der Waals surface area contributed by atoms with Crippen molar-refractivity contribution in [2.24, 2.45) is 7.05 Å². The van der Waals surface area contributed by atoms with Gasteiger partial charge in [-0.05, 0) is 33.0 Å². The van der Waals surface area contributed by atoms with E-state index in [1.165, 1.54) is 11.1 Å². The molecule has 0 spiro atoms. The van der Waals surface area contributed by atoms with E-state index in [1.807, 2.05) is 37.8 Å². The van der Waals surface area contributed by atoms with Crippen molar-refractivity contribution in [2.75, 3.05) is 7.05 Å². The summed E-state index contributed by atoms with van der Waals surface area (Å²) in [4.78, 5) is 0. The van der Waals surface area contributed by atoms with Crippen molar-refractivity contribution < 1.29 is 4.74 Å². The van der Waals surface area contributed by atoms with E-state index in [0.717, 1.165) is 23.7 Å². The second-order valence-corrected chi connectivity index (χ2v) is 4.83. The first-order valence-electron chi connectivity index (χ1n) is 6.46. The Balaban J connectivity index is 2.12. The van der Waals surface area contributed by atoms with Crippen molar-refractivity contribution in [3.63, 3.8) is 0 Å². The fraction of sp³-hybridized carbons (Fsp3) is 0.400. The van der Waals surface area contributed by atoms with Crippen molar-refractivity contribution in [1.29, 1.82) is 0 Å². The smallest absolute Gasteiger partial charge is 0.130 e. The molecular formula is C15H21N3O. The molecule has 0 saturated carbocycles. The van der Waals surface area contributed by atoms with Gasteiger partial charge < -0.3 is 10.1 Å². The van der Waals surface area contributed by atoms with Gasteiger partial charge in [-0.2, -0.15) is 5.10 Å². The fourth-order valence-corrected chi connectivity index (χ4v) is 2.13. The number of nitrogens with zero attached hydrogens (tertiary/aromatic N) is 2. The summed E-state index contributed by atoms with van der Waals surface area (Å²) >= 11 is 0. The number of benzene rings is 1. The van der Waals surface area contributed by atoms with Gasteiger partial charge in [0.2, 0.25) is 0 Å². The largest absolute Gasteiger partial charge is 0.487 e. The van der Waals surface area contributed by atoms with Crippen LogP contribution in [0.4, 0.5) is 0 Å². The van der Waals surface area contributed by atoms with Crippen LogP contribution >= 0.6 is 0 Å². The highest BCUT2D eigenvalue weighted by atomic mass is 16.5. The van der Waals surface area contributed by atoms with E-state index in [2.05, 4.69) is 29.5 Å². The number of hydrogen-bond donors (Lipinski definition) is 1. The zero-order chi connectivity index (χ0) is 13.8. The third-order valence-corrected chi connectivity index (χ3v) is 3.06. The molecule has 0 fully saturated rings. The SMILES string of the molecule is CNCc1cc(C)ccc1OCc1cc(C)nn1C. The van der Waals surface area contributed by atoms with E-state index >= 15 is 0 Å². The maximum absolute atomic E-state index is 5.92. The Morgan fingerprint density at radius 3 is 2.68 bits per heavy atom. The summed E-state index contributed by atoms with van der Waals surface area (Å²) in [7, 11) is 3.88. The molecule has 0 aliphatic carbocycles. The van der Waals surface area contributed by atoms with E-state index in [9.17, 15) is 0 Å². The van der Waals surface area contributed by atoms with Gasteiger partial charge in [-0.3, -0.25) is 4.68 Å². The standard InChI is InChI=1S/C15H21N3O/c1-11-5-6-15(13(7-11)9-16-3)19-10-14-8-12(2)17-18(14)4/h5-8,16H,9-10H2,1-4H3. The van der Waals surface area contributed by atoms with Crippen LogP contribution in [0.3, 0.4) is 0 Å². The van der Waals surface area contributed by atoms with Crippen LogP contribution in [0.25, 0.3) is 0 Å². The van der Waals surface area contributed by atoms with Gasteiger partial charge in [0.1, 0.15) is 12.4 Å². The van der Waals surface area contributed by atoms with Crippen LogP contribution in [0.1, 0.15) is 22.5 Å². The summed E-state index contributed by atoms with van der Waals surface area (Å²) in [5.41, 5.74) is 4.52. The molecular weight excluding hydrogens is 238 g/mol. The summed E-state index contributed by atoms with van der Waals surface area (Å²) in [6.07, 6.45) is 0. The Kier molecular flexibility index (Phi) is 4.22. The lowest BCUT2D eigenvalue weighted by Crippen LogP contribution is -2.09. The van der Waals surface area contributed by atoms with Crippen LogP contribution in [0.2, 0.25) is 0 Å². The lowest BCUT2D eigenvalue weighted by molar-refractivity contribution is 0.291. The normalized spacial score (nSPS) is 10.7. The molecule has 2 aromatic rings. The van der Waals surface area contributed by atoms with E-state index in [-0.39, 0.29) is 0 Å². The summed E-state index contributed by atoms with van der Waals surface area (Å²) in [6.45, 7) is 5.42. The number of nitrogens with one attached hydrogen (secondary N) is 1. The first-order valence-corrected chi connectivity index (χ1v) is 6.46. The van der Waals surface area contributed by atoms with Crippen molar-refractivity contribution >= 4 is 0 Å². The summed E-state index contributed by atoms with van der Waals surface area (Å²) < 4.78 is 7.79. The van der Waals surface area contributed by atoms with Crippen molar-refractivity contribution in [2.45, 2.75) is 27.0 Å². The van der Waals surface area contributed by atoms with Crippen molar-refractivity contribution in [1.82, 2.24) is 15.1 Å². The Morgan fingerprint density at radius 1 is 1.26 bits per heavy atom. The molecule has 0 aliphatic rings. The van der Waals surface area contributed by atoms with E-state index in [0.29, 0.717) is 6.61 Å². The monoisotopic (exact) mass is 259 g/mol. The minimum atomic E-state index is 0.539. The zero-order valence-electron chi connectivity index (χ0n) is 12.0. The molecule has 1 N–H and O–H groups in total. The first kappa shape index (κ1) is 13.6. The van der Waals surface area contributed by atoms with Gasteiger partial charge in [0, 0.05) is 19.2 Å². The molecule has 19 heavy (non-hydrogen) atoms. The molecule has 4 heteroatoms. The molecule has 0 saturated heterocycles. The number of aryl methyl sites for hydroxylation is 3. The lowest BCUT2D eigenvalue weighted by Gasteiger charge is -2.12. The van der Waals surface area contributed by atoms with Crippen LogP contribution in [-0.2, 0) is 20.2 Å². The number of aromatic nitrogens is 2. The molecule has 1 aromatic carbocycles. The van der Waals surface area contributed by atoms with Gasteiger partial charge in [-0.25, -0.2) is 0 Å². The third kappa shape index (κ3) is 3.35. The average Bonchev–Trinajstić information content (AvgIpc) is 2.67. The number of hydrogen-bond acceptors (Lipinski definition) is 3. The Morgan fingerprint density at radius 2 is 2.05 bits per heavy atom. The molecule has 1 aromatic heterocycles. The molecule has 0 amide bonds. The molecule has 4 nitrogen and oxygen atoms in total. The quantitative estimate of drug-likeness (QED) is 0.895. The van der Waals surface area contributed by atoms with E-state index in [1.54, 1.807) is 0 Å². The highest BCUT2D eigenvalue weighted by Crippen LogP contribution is 2.21. The minimum Gasteiger partial charge on any atom is -0.487 e. The summed E-state index contributed by atoms with van der Waals surface area (Å²) in [5, 5.41) is 7.49. The van der Waals surface area contributed by atoms with Crippen molar-refractivity contribution in [3.05, 3.63) is 46.8 Å². The molecule has 0 unspecified atom stereocenters. The second-order valence-electron chi connectivity index (χ2n) is 4.83. The molecule has 2 rings (SSSR count). The van der Waals surface area contributed by atoms with E-state index < -0.39 is 0 Å². The molecule has 102 valence electrons. The molecule has 0 radical (unpaired) electrons.